The topological polar surface area (TPSA) is 64.6 Å². The van der Waals surface area contributed by atoms with Gasteiger partial charge in [0.15, 0.2) is 6.61 Å². The van der Waals surface area contributed by atoms with Crippen LogP contribution in [0.15, 0.2) is 18.2 Å². The molecule has 0 heterocycles. The van der Waals surface area contributed by atoms with Gasteiger partial charge < -0.3 is 14.8 Å². The first-order valence-electron chi connectivity index (χ1n) is 5.39. The predicted molar refractivity (Wildman–Crippen MR) is 66.5 cm³/mol. The number of amides is 1. The molecule has 1 amide bonds. The molecular formula is C12H13ClFNO4. The number of halogens is 2. The lowest BCUT2D eigenvalue weighted by molar-refractivity contribution is -0.144. The first kappa shape index (κ1) is 15.2. The number of rotatable bonds is 5. The van der Waals surface area contributed by atoms with Gasteiger partial charge in [0.25, 0.3) is 5.91 Å². The van der Waals surface area contributed by atoms with Crippen LogP contribution in [0, 0.1) is 5.82 Å². The fourth-order valence-corrected chi connectivity index (χ4v) is 1.48. The minimum atomic E-state index is -0.773. The van der Waals surface area contributed by atoms with E-state index in [0.717, 1.165) is 12.1 Å². The Morgan fingerprint density at radius 2 is 2.16 bits per heavy atom. The van der Waals surface area contributed by atoms with E-state index in [1.165, 1.54) is 20.1 Å². The molecule has 1 atom stereocenters. The Labute approximate surface area is 114 Å². The Morgan fingerprint density at radius 1 is 1.47 bits per heavy atom. The van der Waals surface area contributed by atoms with Gasteiger partial charge in [-0.1, -0.05) is 11.6 Å². The van der Waals surface area contributed by atoms with Crippen LogP contribution in [-0.2, 0) is 14.3 Å². The molecule has 104 valence electrons. The summed E-state index contributed by atoms with van der Waals surface area (Å²) in [6, 6.07) is 2.78. The molecule has 0 aliphatic carbocycles. The summed E-state index contributed by atoms with van der Waals surface area (Å²) in [5, 5.41) is 2.44. The molecule has 1 unspecified atom stereocenters. The number of hydrogen-bond donors (Lipinski definition) is 1. The van der Waals surface area contributed by atoms with E-state index in [2.05, 4.69) is 10.1 Å². The molecule has 1 aromatic carbocycles. The van der Waals surface area contributed by atoms with Gasteiger partial charge in [0.05, 0.1) is 12.1 Å². The van der Waals surface area contributed by atoms with Crippen LogP contribution in [0.4, 0.5) is 4.39 Å². The van der Waals surface area contributed by atoms with Crippen molar-refractivity contribution in [1.82, 2.24) is 5.32 Å². The second-order valence-electron chi connectivity index (χ2n) is 3.68. The Morgan fingerprint density at radius 3 is 2.74 bits per heavy atom. The lowest BCUT2D eigenvalue weighted by Gasteiger charge is -2.12. The van der Waals surface area contributed by atoms with E-state index in [9.17, 15) is 14.0 Å². The highest BCUT2D eigenvalue weighted by atomic mass is 35.5. The van der Waals surface area contributed by atoms with E-state index >= 15 is 0 Å². The second-order valence-corrected chi connectivity index (χ2v) is 4.08. The standard InChI is InChI=1S/C12H13ClFNO4/c1-7(12(17)18-2)15-11(16)6-19-10-4-3-8(14)5-9(10)13/h3-5,7H,6H2,1-2H3,(H,15,16). The number of esters is 1. The molecule has 1 rings (SSSR count). The maximum atomic E-state index is 12.8. The summed E-state index contributed by atoms with van der Waals surface area (Å²) in [6.07, 6.45) is 0. The van der Waals surface area contributed by atoms with E-state index in [0.29, 0.717) is 0 Å². The highest BCUT2D eigenvalue weighted by Gasteiger charge is 2.16. The van der Waals surface area contributed by atoms with Crippen molar-refractivity contribution in [3.63, 3.8) is 0 Å². The fourth-order valence-electron chi connectivity index (χ4n) is 1.25. The van der Waals surface area contributed by atoms with E-state index in [-0.39, 0.29) is 17.4 Å². The molecule has 1 N–H and O–H groups in total. The van der Waals surface area contributed by atoms with Gasteiger partial charge in [-0.3, -0.25) is 4.79 Å². The number of benzene rings is 1. The normalized spacial score (nSPS) is 11.6. The van der Waals surface area contributed by atoms with Gasteiger partial charge in [0.2, 0.25) is 0 Å². The number of ether oxygens (including phenoxy) is 2. The zero-order valence-electron chi connectivity index (χ0n) is 10.4. The largest absolute Gasteiger partial charge is 0.482 e. The van der Waals surface area contributed by atoms with Gasteiger partial charge in [-0.15, -0.1) is 0 Å². The van der Waals surface area contributed by atoms with Gasteiger partial charge in [-0.2, -0.15) is 0 Å². The summed E-state index contributed by atoms with van der Waals surface area (Å²) in [5.74, 6) is -1.39. The molecule has 0 radical (unpaired) electrons. The van der Waals surface area contributed by atoms with Crippen LogP contribution < -0.4 is 10.1 Å². The van der Waals surface area contributed by atoms with E-state index < -0.39 is 23.7 Å². The van der Waals surface area contributed by atoms with Crippen molar-refractivity contribution >= 4 is 23.5 Å². The number of carbonyl (C=O) groups excluding carboxylic acids is 2. The van der Waals surface area contributed by atoms with Crippen LogP contribution >= 0.6 is 11.6 Å². The van der Waals surface area contributed by atoms with Crippen LogP contribution in [-0.4, -0.2) is 31.6 Å². The van der Waals surface area contributed by atoms with Crippen molar-refractivity contribution < 1.29 is 23.5 Å². The summed E-state index contributed by atoms with van der Waals surface area (Å²) in [6.45, 7) is 1.14. The summed E-state index contributed by atoms with van der Waals surface area (Å²) in [4.78, 5) is 22.5. The molecule has 0 bridgehead atoms. The smallest absolute Gasteiger partial charge is 0.328 e. The maximum Gasteiger partial charge on any atom is 0.328 e. The summed E-state index contributed by atoms with van der Waals surface area (Å²) < 4.78 is 22.3. The Hall–Kier alpha value is -1.82. The average molecular weight is 290 g/mol. The number of nitrogens with one attached hydrogen (secondary N) is 1. The lowest BCUT2D eigenvalue weighted by atomic mass is 10.3. The third-order valence-corrected chi connectivity index (χ3v) is 2.48. The van der Waals surface area contributed by atoms with Crippen LogP contribution in [0.2, 0.25) is 5.02 Å². The summed E-state index contributed by atoms with van der Waals surface area (Å²) in [5.41, 5.74) is 0. The minimum Gasteiger partial charge on any atom is -0.482 e. The van der Waals surface area contributed by atoms with Crippen molar-refractivity contribution in [2.75, 3.05) is 13.7 Å². The quantitative estimate of drug-likeness (QED) is 0.835. The van der Waals surface area contributed by atoms with E-state index in [4.69, 9.17) is 16.3 Å². The van der Waals surface area contributed by atoms with Crippen molar-refractivity contribution in [2.45, 2.75) is 13.0 Å². The third kappa shape index (κ3) is 4.75. The monoisotopic (exact) mass is 289 g/mol. The average Bonchev–Trinajstić information content (AvgIpc) is 2.36. The zero-order chi connectivity index (χ0) is 14.4. The molecular weight excluding hydrogens is 277 g/mol. The van der Waals surface area contributed by atoms with Crippen LogP contribution in [0.1, 0.15) is 6.92 Å². The zero-order valence-corrected chi connectivity index (χ0v) is 11.2. The first-order valence-corrected chi connectivity index (χ1v) is 5.77. The molecule has 1 aromatic rings. The molecule has 0 spiro atoms. The highest BCUT2D eigenvalue weighted by molar-refractivity contribution is 6.32. The highest BCUT2D eigenvalue weighted by Crippen LogP contribution is 2.24. The number of carbonyl (C=O) groups is 2. The maximum absolute atomic E-state index is 12.8. The van der Waals surface area contributed by atoms with Crippen LogP contribution in [0.25, 0.3) is 0 Å². The summed E-state index contributed by atoms with van der Waals surface area (Å²) >= 11 is 5.72. The second kappa shape index (κ2) is 6.94. The van der Waals surface area contributed by atoms with Crippen LogP contribution in [0.3, 0.4) is 0 Å². The van der Waals surface area contributed by atoms with Gasteiger partial charge in [0, 0.05) is 0 Å². The van der Waals surface area contributed by atoms with E-state index in [1.54, 1.807) is 0 Å². The summed E-state index contributed by atoms with van der Waals surface area (Å²) in [7, 11) is 1.22. The molecule has 0 aromatic heterocycles. The molecule has 19 heavy (non-hydrogen) atoms. The number of methoxy groups -OCH3 is 1. The first-order chi connectivity index (χ1) is 8.93. The molecule has 7 heteroatoms. The van der Waals surface area contributed by atoms with Crippen molar-refractivity contribution in [3.8, 4) is 5.75 Å². The molecule has 0 saturated carbocycles. The van der Waals surface area contributed by atoms with Gasteiger partial charge in [-0.05, 0) is 25.1 Å². The predicted octanol–water partition coefficient (Wildman–Crippen LogP) is 1.54. The fraction of sp³-hybridized carbons (Fsp3) is 0.333. The van der Waals surface area contributed by atoms with E-state index in [1.807, 2.05) is 0 Å². The van der Waals surface area contributed by atoms with Gasteiger partial charge >= 0.3 is 5.97 Å². The van der Waals surface area contributed by atoms with Crippen molar-refractivity contribution in [3.05, 3.63) is 29.0 Å². The van der Waals surface area contributed by atoms with Crippen molar-refractivity contribution in [1.29, 1.82) is 0 Å². The van der Waals surface area contributed by atoms with Crippen LogP contribution in [0.5, 0.6) is 5.75 Å². The number of hydrogen-bond acceptors (Lipinski definition) is 4. The Balaban J connectivity index is 2.48. The SMILES string of the molecule is COC(=O)C(C)NC(=O)COc1ccc(F)cc1Cl. The lowest BCUT2D eigenvalue weighted by Crippen LogP contribution is -2.41. The molecule has 5 nitrogen and oxygen atoms in total. The third-order valence-electron chi connectivity index (χ3n) is 2.18. The Kier molecular flexibility index (Phi) is 5.57. The van der Waals surface area contributed by atoms with Gasteiger partial charge in [-0.25, -0.2) is 9.18 Å². The van der Waals surface area contributed by atoms with Crippen molar-refractivity contribution in [2.24, 2.45) is 0 Å². The minimum absolute atomic E-state index is 0.0637. The molecule has 0 fully saturated rings. The molecule has 0 saturated heterocycles. The molecule has 0 aliphatic rings. The van der Waals surface area contributed by atoms with Gasteiger partial charge in [0.1, 0.15) is 17.6 Å². The molecule has 0 aliphatic heterocycles. The Bertz CT molecular complexity index is 481.